The van der Waals surface area contributed by atoms with E-state index >= 15 is 0 Å². The number of carbonyl (C=O) groups excluding carboxylic acids is 1. The summed E-state index contributed by atoms with van der Waals surface area (Å²) >= 11 is 0. The van der Waals surface area contributed by atoms with Gasteiger partial charge >= 0.3 is 0 Å². The van der Waals surface area contributed by atoms with Crippen LogP contribution in [0.3, 0.4) is 0 Å². The van der Waals surface area contributed by atoms with Crippen LogP contribution in [0.5, 0.6) is 11.5 Å². The maximum Gasteiger partial charge on any atom is 0.260 e. The number of methoxy groups -OCH3 is 1. The van der Waals surface area contributed by atoms with Crippen molar-refractivity contribution in [2.75, 3.05) is 7.11 Å². The van der Waals surface area contributed by atoms with E-state index in [4.69, 9.17) is 9.47 Å². The van der Waals surface area contributed by atoms with E-state index in [9.17, 15) is 4.79 Å². The van der Waals surface area contributed by atoms with Gasteiger partial charge in [0.2, 0.25) is 0 Å². The molecule has 1 atom stereocenters. The smallest absolute Gasteiger partial charge is 0.260 e. The second-order valence-corrected chi connectivity index (χ2v) is 4.10. The molecular weight excluding hydrogens is 218 g/mol. The molecule has 0 fully saturated rings. The Morgan fingerprint density at radius 3 is 2.47 bits per heavy atom. The highest BCUT2D eigenvalue weighted by Gasteiger charge is 2.15. The topological polar surface area (TPSA) is 47.6 Å². The lowest BCUT2D eigenvalue weighted by Crippen LogP contribution is -2.40. The van der Waals surface area contributed by atoms with Crippen molar-refractivity contribution < 1.29 is 14.3 Å². The highest BCUT2D eigenvalue weighted by molar-refractivity contribution is 5.80. The van der Waals surface area contributed by atoms with Gasteiger partial charge in [0.25, 0.3) is 5.91 Å². The summed E-state index contributed by atoms with van der Waals surface area (Å²) < 4.78 is 10.6. The van der Waals surface area contributed by atoms with Crippen molar-refractivity contribution in [1.82, 2.24) is 5.32 Å². The fourth-order valence-electron chi connectivity index (χ4n) is 1.33. The Kier molecular flexibility index (Phi) is 4.82. The van der Waals surface area contributed by atoms with E-state index in [2.05, 4.69) is 5.32 Å². The predicted octanol–water partition coefficient (Wildman–Crippen LogP) is 1.99. The fourth-order valence-corrected chi connectivity index (χ4v) is 1.33. The highest BCUT2D eigenvalue weighted by atomic mass is 16.5. The molecule has 0 unspecified atom stereocenters. The van der Waals surface area contributed by atoms with Gasteiger partial charge in [-0.2, -0.15) is 0 Å². The summed E-state index contributed by atoms with van der Waals surface area (Å²) in [5.74, 6) is 1.21. The average Bonchev–Trinajstić information content (AvgIpc) is 2.28. The van der Waals surface area contributed by atoms with Gasteiger partial charge in [0.05, 0.1) is 7.11 Å². The Morgan fingerprint density at radius 2 is 1.88 bits per heavy atom. The minimum Gasteiger partial charge on any atom is -0.497 e. The number of rotatable bonds is 5. The van der Waals surface area contributed by atoms with Crippen LogP contribution in [0.4, 0.5) is 0 Å². The standard InChI is InChI=1S/C13H19NO3/c1-9(2)14-13(15)10(3)17-12-7-5-6-11(8-12)16-4/h5-10H,1-4H3,(H,14,15)/t10-/m1/s1. The molecule has 1 aromatic rings. The molecule has 94 valence electrons. The second kappa shape index (κ2) is 6.13. The molecule has 1 amide bonds. The van der Waals surface area contributed by atoms with Gasteiger partial charge in [-0.3, -0.25) is 4.79 Å². The summed E-state index contributed by atoms with van der Waals surface area (Å²) in [6.45, 7) is 5.55. The molecular formula is C13H19NO3. The van der Waals surface area contributed by atoms with Crippen molar-refractivity contribution in [2.24, 2.45) is 0 Å². The van der Waals surface area contributed by atoms with Crippen LogP contribution in [-0.4, -0.2) is 25.2 Å². The van der Waals surface area contributed by atoms with Crippen LogP contribution in [0, 0.1) is 0 Å². The normalized spacial score (nSPS) is 12.1. The van der Waals surface area contributed by atoms with Gasteiger partial charge in [-0.25, -0.2) is 0 Å². The zero-order valence-corrected chi connectivity index (χ0v) is 10.7. The Balaban J connectivity index is 2.60. The van der Waals surface area contributed by atoms with Crippen LogP contribution in [0.25, 0.3) is 0 Å². The summed E-state index contributed by atoms with van der Waals surface area (Å²) in [5, 5.41) is 2.80. The minimum atomic E-state index is -0.524. The molecule has 0 radical (unpaired) electrons. The molecule has 4 nitrogen and oxygen atoms in total. The Hall–Kier alpha value is -1.71. The van der Waals surface area contributed by atoms with Gasteiger partial charge in [-0.05, 0) is 32.9 Å². The van der Waals surface area contributed by atoms with Gasteiger partial charge in [0.1, 0.15) is 11.5 Å². The first-order chi connectivity index (χ1) is 8.02. The number of ether oxygens (including phenoxy) is 2. The third-order valence-electron chi connectivity index (χ3n) is 2.15. The Bertz CT molecular complexity index is 377. The molecule has 0 heterocycles. The lowest BCUT2D eigenvalue weighted by Gasteiger charge is -2.16. The molecule has 1 N–H and O–H groups in total. The highest BCUT2D eigenvalue weighted by Crippen LogP contribution is 2.19. The molecule has 0 aliphatic heterocycles. The third kappa shape index (κ3) is 4.34. The van der Waals surface area contributed by atoms with Gasteiger partial charge in [-0.1, -0.05) is 6.07 Å². The zero-order chi connectivity index (χ0) is 12.8. The monoisotopic (exact) mass is 237 g/mol. The van der Waals surface area contributed by atoms with Crippen LogP contribution in [-0.2, 0) is 4.79 Å². The summed E-state index contributed by atoms with van der Waals surface area (Å²) in [4.78, 5) is 11.6. The van der Waals surface area contributed by atoms with Crippen LogP contribution >= 0.6 is 0 Å². The number of hydrogen-bond donors (Lipinski definition) is 1. The number of amides is 1. The molecule has 0 aromatic heterocycles. The minimum absolute atomic E-state index is 0.110. The quantitative estimate of drug-likeness (QED) is 0.852. The summed E-state index contributed by atoms with van der Waals surface area (Å²) in [6, 6.07) is 7.30. The molecule has 0 saturated carbocycles. The van der Waals surface area contributed by atoms with E-state index in [1.165, 1.54) is 0 Å². The van der Waals surface area contributed by atoms with Gasteiger partial charge < -0.3 is 14.8 Å². The number of carbonyl (C=O) groups is 1. The predicted molar refractivity (Wildman–Crippen MR) is 66.4 cm³/mol. The van der Waals surface area contributed by atoms with Crippen molar-refractivity contribution in [3.05, 3.63) is 24.3 Å². The SMILES string of the molecule is COc1cccc(O[C@H](C)C(=O)NC(C)C)c1. The molecule has 17 heavy (non-hydrogen) atoms. The second-order valence-electron chi connectivity index (χ2n) is 4.10. The zero-order valence-electron chi connectivity index (χ0n) is 10.7. The summed E-state index contributed by atoms with van der Waals surface area (Å²) in [6.07, 6.45) is -0.524. The van der Waals surface area contributed by atoms with E-state index in [1.807, 2.05) is 26.0 Å². The van der Waals surface area contributed by atoms with E-state index in [-0.39, 0.29) is 11.9 Å². The molecule has 1 aromatic carbocycles. The lowest BCUT2D eigenvalue weighted by molar-refractivity contribution is -0.127. The Labute approximate surface area is 102 Å². The maximum absolute atomic E-state index is 11.6. The van der Waals surface area contributed by atoms with Crippen molar-refractivity contribution in [3.63, 3.8) is 0 Å². The summed E-state index contributed by atoms with van der Waals surface area (Å²) in [7, 11) is 1.59. The molecule has 0 spiro atoms. The van der Waals surface area contributed by atoms with Gasteiger partial charge in [0, 0.05) is 12.1 Å². The third-order valence-corrected chi connectivity index (χ3v) is 2.15. The van der Waals surface area contributed by atoms with Gasteiger partial charge in [-0.15, -0.1) is 0 Å². The van der Waals surface area contributed by atoms with Crippen molar-refractivity contribution in [2.45, 2.75) is 32.9 Å². The largest absolute Gasteiger partial charge is 0.497 e. The van der Waals surface area contributed by atoms with Crippen LogP contribution in [0.1, 0.15) is 20.8 Å². The molecule has 1 rings (SSSR count). The molecule has 0 aliphatic carbocycles. The molecule has 0 saturated heterocycles. The van der Waals surface area contributed by atoms with Crippen LogP contribution in [0.2, 0.25) is 0 Å². The van der Waals surface area contributed by atoms with E-state index < -0.39 is 6.10 Å². The van der Waals surface area contributed by atoms with E-state index in [0.717, 1.165) is 0 Å². The lowest BCUT2D eigenvalue weighted by atomic mass is 10.3. The molecule has 0 bridgehead atoms. The number of hydrogen-bond acceptors (Lipinski definition) is 3. The first-order valence-corrected chi connectivity index (χ1v) is 5.64. The van der Waals surface area contributed by atoms with E-state index in [0.29, 0.717) is 11.5 Å². The van der Waals surface area contributed by atoms with Crippen molar-refractivity contribution in [1.29, 1.82) is 0 Å². The summed E-state index contributed by atoms with van der Waals surface area (Å²) in [5.41, 5.74) is 0. The molecule has 4 heteroatoms. The van der Waals surface area contributed by atoms with Gasteiger partial charge in [0.15, 0.2) is 6.10 Å². The van der Waals surface area contributed by atoms with Crippen LogP contribution in [0.15, 0.2) is 24.3 Å². The van der Waals surface area contributed by atoms with Crippen molar-refractivity contribution in [3.8, 4) is 11.5 Å². The maximum atomic E-state index is 11.6. The average molecular weight is 237 g/mol. The Morgan fingerprint density at radius 1 is 1.24 bits per heavy atom. The fraction of sp³-hybridized carbons (Fsp3) is 0.462. The van der Waals surface area contributed by atoms with E-state index in [1.54, 1.807) is 26.2 Å². The first-order valence-electron chi connectivity index (χ1n) is 5.64. The molecule has 0 aliphatic rings. The first kappa shape index (κ1) is 13.4. The number of benzene rings is 1. The number of nitrogens with one attached hydrogen (secondary N) is 1. The van der Waals surface area contributed by atoms with Crippen molar-refractivity contribution >= 4 is 5.91 Å². The van der Waals surface area contributed by atoms with Crippen LogP contribution < -0.4 is 14.8 Å².